The van der Waals surface area contributed by atoms with E-state index in [0.717, 1.165) is 18.7 Å². The molecule has 0 saturated carbocycles. The molecule has 0 bridgehead atoms. The molecule has 7 heteroatoms. The number of rotatable bonds is 8. The Kier molecular flexibility index (Phi) is 6.36. The molecule has 5 nitrogen and oxygen atoms in total. The summed E-state index contributed by atoms with van der Waals surface area (Å²) in [5.74, 6) is -0.638. The van der Waals surface area contributed by atoms with E-state index in [1.54, 1.807) is 18.2 Å². The van der Waals surface area contributed by atoms with Gasteiger partial charge in [-0.05, 0) is 36.9 Å². The van der Waals surface area contributed by atoms with Crippen molar-refractivity contribution in [3.05, 3.63) is 65.5 Å². The van der Waals surface area contributed by atoms with Gasteiger partial charge in [-0.1, -0.05) is 44.2 Å². The number of H-pyrrole nitrogens is 1. The first kappa shape index (κ1) is 19.9. The minimum atomic E-state index is -2.68. The highest BCUT2D eigenvalue weighted by molar-refractivity contribution is 5.97. The van der Waals surface area contributed by atoms with Gasteiger partial charge >= 0.3 is 0 Å². The van der Waals surface area contributed by atoms with Gasteiger partial charge in [-0.2, -0.15) is 0 Å². The third-order valence-electron chi connectivity index (χ3n) is 4.86. The van der Waals surface area contributed by atoms with Gasteiger partial charge in [0.05, 0.1) is 17.1 Å². The quantitative estimate of drug-likeness (QED) is 0.606. The smallest absolute Gasteiger partial charge is 0.295 e. The molecule has 3 rings (SSSR count). The number of aromatic amines is 1. The molecule has 0 fully saturated rings. The van der Waals surface area contributed by atoms with E-state index in [1.807, 2.05) is 18.2 Å². The van der Waals surface area contributed by atoms with Crippen molar-refractivity contribution >= 4 is 16.9 Å². The lowest BCUT2D eigenvalue weighted by Gasteiger charge is -2.30. The van der Waals surface area contributed by atoms with E-state index in [-0.39, 0.29) is 11.9 Å². The maximum atomic E-state index is 12.8. The Morgan fingerprint density at radius 2 is 1.86 bits per heavy atom. The fourth-order valence-electron chi connectivity index (χ4n) is 3.36. The van der Waals surface area contributed by atoms with E-state index >= 15 is 0 Å². The van der Waals surface area contributed by atoms with Crippen LogP contribution in [0.15, 0.2) is 48.5 Å². The standard InChI is InChI=1S/C21H24F2N4O/c1-3-27(4-2)18(14-8-6-5-7-9-14)13-24-21(28)15-10-11-16-17(12-15)26-20(25-16)19(22)23/h5-12,18-19H,3-4,13H2,1-2H3,(H,24,28)(H,25,26). The number of fused-ring (bicyclic) bond motifs is 1. The zero-order valence-corrected chi connectivity index (χ0v) is 16.0. The molecule has 0 aliphatic heterocycles. The monoisotopic (exact) mass is 386 g/mol. The molecule has 1 atom stereocenters. The number of nitrogens with zero attached hydrogens (tertiary/aromatic N) is 2. The number of aromatic nitrogens is 2. The first-order chi connectivity index (χ1) is 13.5. The van der Waals surface area contributed by atoms with Gasteiger partial charge in [0, 0.05) is 12.1 Å². The second-order valence-electron chi connectivity index (χ2n) is 6.51. The highest BCUT2D eigenvalue weighted by atomic mass is 19.3. The van der Waals surface area contributed by atoms with Crippen molar-refractivity contribution in [3.8, 4) is 0 Å². The van der Waals surface area contributed by atoms with Crippen molar-refractivity contribution in [3.63, 3.8) is 0 Å². The zero-order chi connectivity index (χ0) is 20.1. The summed E-state index contributed by atoms with van der Waals surface area (Å²) in [5, 5.41) is 2.98. The van der Waals surface area contributed by atoms with Gasteiger partial charge in [0.25, 0.3) is 12.3 Å². The summed E-state index contributed by atoms with van der Waals surface area (Å²) in [5.41, 5.74) is 2.38. The van der Waals surface area contributed by atoms with Gasteiger partial charge in [0.15, 0.2) is 5.82 Å². The van der Waals surface area contributed by atoms with Crippen LogP contribution in [0.4, 0.5) is 8.78 Å². The van der Waals surface area contributed by atoms with Crippen LogP contribution >= 0.6 is 0 Å². The lowest BCUT2D eigenvalue weighted by molar-refractivity contribution is 0.0935. The third-order valence-corrected chi connectivity index (χ3v) is 4.86. The van der Waals surface area contributed by atoms with Gasteiger partial charge in [0.2, 0.25) is 0 Å². The van der Waals surface area contributed by atoms with Crippen LogP contribution in [0.1, 0.15) is 48.1 Å². The van der Waals surface area contributed by atoms with Crippen LogP contribution in [0.25, 0.3) is 11.0 Å². The van der Waals surface area contributed by atoms with Crippen LogP contribution in [0.2, 0.25) is 0 Å². The summed E-state index contributed by atoms with van der Waals surface area (Å²) in [4.78, 5) is 21.3. The van der Waals surface area contributed by atoms with E-state index in [1.165, 1.54) is 0 Å². The Bertz CT molecular complexity index is 923. The Morgan fingerprint density at radius 3 is 2.50 bits per heavy atom. The normalized spacial score (nSPS) is 12.6. The number of amides is 1. The second-order valence-corrected chi connectivity index (χ2v) is 6.51. The predicted octanol–water partition coefficient (Wildman–Crippen LogP) is 4.31. The number of carbonyl (C=O) groups excluding carboxylic acids is 1. The van der Waals surface area contributed by atoms with Crippen LogP contribution < -0.4 is 5.32 Å². The molecular weight excluding hydrogens is 362 g/mol. The van der Waals surface area contributed by atoms with Crippen molar-refractivity contribution in [2.45, 2.75) is 26.3 Å². The van der Waals surface area contributed by atoms with Crippen molar-refractivity contribution < 1.29 is 13.6 Å². The summed E-state index contributed by atoms with van der Waals surface area (Å²) in [6.45, 7) is 6.36. The van der Waals surface area contributed by atoms with E-state index in [9.17, 15) is 13.6 Å². The molecule has 1 amide bonds. The predicted molar refractivity (Wildman–Crippen MR) is 105 cm³/mol. The van der Waals surface area contributed by atoms with Crippen molar-refractivity contribution in [2.75, 3.05) is 19.6 Å². The third kappa shape index (κ3) is 4.36. The SMILES string of the molecule is CCN(CC)C(CNC(=O)c1ccc2nc(C(F)F)[nH]c2c1)c1ccccc1. The summed E-state index contributed by atoms with van der Waals surface area (Å²) in [7, 11) is 0. The van der Waals surface area contributed by atoms with E-state index in [4.69, 9.17) is 0 Å². The Labute approximate surface area is 162 Å². The number of imidazole rings is 1. The van der Waals surface area contributed by atoms with Crippen LogP contribution in [0, 0.1) is 0 Å². The summed E-state index contributed by atoms with van der Waals surface area (Å²) in [6.07, 6.45) is -2.68. The minimum Gasteiger partial charge on any atom is -0.350 e. The molecule has 0 aliphatic carbocycles. The van der Waals surface area contributed by atoms with Gasteiger partial charge in [0.1, 0.15) is 0 Å². The first-order valence-corrected chi connectivity index (χ1v) is 9.38. The molecule has 1 heterocycles. The van der Waals surface area contributed by atoms with Crippen LogP contribution in [-0.4, -0.2) is 40.4 Å². The Morgan fingerprint density at radius 1 is 1.14 bits per heavy atom. The average Bonchev–Trinajstić information content (AvgIpc) is 3.15. The highest BCUT2D eigenvalue weighted by Crippen LogP contribution is 2.22. The molecule has 0 spiro atoms. The van der Waals surface area contributed by atoms with E-state index < -0.39 is 12.2 Å². The minimum absolute atomic E-state index is 0.0569. The summed E-state index contributed by atoms with van der Waals surface area (Å²) < 4.78 is 25.6. The number of alkyl halides is 2. The molecule has 0 aliphatic rings. The molecule has 3 aromatic rings. The Hall–Kier alpha value is -2.80. The van der Waals surface area contributed by atoms with Gasteiger partial charge in [-0.25, -0.2) is 13.8 Å². The average molecular weight is 386 g/mol. The molecule has 2 N–H and O–H groups in total. The largest absolute Gasteiger partial charge is 0.350 e. The lowest BCUT2D eigenvalue weighted by atomic mass is 10.0. The number of hydrogen-bond donors (Lipinski definition) is 2. The van der Waals surface area contributed by atoms with E-state index in [2.05, 4.69) is 46.2 Å². The number of likely N-dealkylation sites (N-methyl/N-ethyl adjacent to an activating group) is 1. The summed E-state index contributed by atoms with van der Waals surface area (Å²) in [6, 6.07) is 14.8. The van der Waals surface area contributed by atoms with Crippen LogP contribution in [-0.2, 0) is 0 Å². The first-order valence-electron chi connectivity index (χ1n) is 9.38. The maximum Gasteiger partial charge on any atom is 0.295 e. The van der Waals surface area contributed by atoms with Crippen molar-refractivity contribution in [1.29, 1.82) is 0 Å². The second kappa shape index (κ2) is 8.93. The Balaban J connectivity index is 1.76. The van der Waals surface area contributed by atoms with E-state index in [0.29, 0.717) is 23.1 Å². The maximum absolute atomic E-state index is 12.8. The van der Waals surface area contributed by atoms with Crippen LogP contribution in [0.5, 0.6) is 0 Å². The number of hydrogen-bond acceptors (Lipinski definition) is 3. The number of benzene rings is 2. The van der Waals surface area contributed by atoms with Crippen molar-refractivity contribution in [2.24, 2.45) is 0 Å². The molecule has 0 radical (unpaired) electrons. The fraction of sp³-hybridized carbons (Fsp3) is 0.333. The van der Waals surface area contributed by atoms with Gasteiger partial charge in [-0.3, -0.25) is 9.69 Å². The molecule has 148 valence electrons. The van der Waals surface area contributed by atoms with Gasteiger partial charge < -0.3 is 10.3 Å². The molecule has 2 aromatic carbocycles. The van der Waals surface area contributed by atoms with Crippen LogP contribution in [0.3, 0.4) is 0 Å². The lowest BCUT2D eigenvalue weighted by Crippen LogP contribution is -2.38. The number of halogens is 2. The fourth-order valence-corrected chi connectivity index (χ4v) is 3.36. The molecule has 1 unspecified atom stereocenters. The zero-order valence-electron chi connectivity index (χ0n) is 16.0. The van der Waals surface area contributed by atoms with Gasteiger partial charge in [-0.15, -0.1) is 0 Å². The number of nitrogens with one attached hydrogen (secondary N) is 2. The molecule has 28 heavy (non-hydrogen) atoms. The van der Waals surface area contributed by atoms with Crippen molar-refractivity contribution in [1.82, 2.24) is 20.2 Å². The number of carbonyl (C=O) groups is 1. The highest BCUT2D eigenvalue weighted by Gasteiger charge is 2.19. The molecular formula is C21H24F2N4O. The summed E-state index contributed by atoms with van der Waals surface area (Å²) >= 11 is 0. The molecule has 0 saturated heterocycles. The molecule has 1 aromatic heterocycles. The topological polar surface area (TPSA) is 61.0 Å².